The third-order valence-electron chi connectivity index (χ3n) is 5.16. The van der Waals surface area contributed by atoms with Gasteiger partial charge in [-0.1, -0.05) is 18.2 Å². The van der Waals surface area contributed by atoms with Gasteiger partial charge in [0.05, 0.1) is 6.42 Å². The van der Waals surface area contributed by atoms with Crippen molar-refractivity contribution in [3.8, 4) is 0 Å². The lowest BCUT2D eigenvalue weighted by Gasteiger charge is -2.35. The van der Waals surface area contributed by atoms with Crippen molar-refractivity contribution in [2.45, 2.75) is 20.3 Å². The number of fused-ring (bicyclic) bond motifs is 1. The van der Waals surface area contributed by atoms with Crippen LogP contribution in [0.15, 0.2) is 36.5 Å². The summed E-state index contributed by atoms with van der Waals surface area (Å²) in [6.45, 7) is 7.76. The largest absolute Gasteiger partial charge is 0.370 e. The van der Waals surface area contributed by atoms with Crippen LogP contribution in [0, 0.1) is 6.92 Å². The van der Waals surface area contributed by atoms with E-state index >= 15 is 0 Å². The molecule has 3 aromatic rings. The summed E-state index contributed by atoms with van der Waals surface area (Å²) in [5.74, 6) is 2.71. The number of carbonyl (C=O) groups is 1. The highest BCUT2D eigenvalue weighted by Crippen LogP contribution is 2.21. The zero-order valence-corrected chi connectivity index (χ0v) is 16.4. The van der Waals surface area contributed by atoms with Crippen molar-refractivity contribution in [2.75, 3.05) is 42.9 Å². The molecule has 1 aliphatic rings. The van der Waals surface area contributed by atoms with E-state index in [-0.39, 0.29) is 5.91 Å². The van der Waals surface area contributed by atoms with Gasteiger partial charge in [0.25, 0.3) is 0 Å². The number of benzene rings is 1. The number of aromatic nitrogens is 3. The van der Waals surface area contributed by atoms with Crippen LogP contribution in [0.25, 0.3) is 10.9 Å². The first-order valence-corrected chi connectivity index (χ1v) is 9.81. The summed E-state index contributed by atoms with van der Waals surface area (Å²) in [7, 11) is 0. The van der Waals surface area contributed by atoms with Crippen molar-refractivity contribution in [2.24, 2.45) is 0 Å². The maximum atomic E-state index is 12.8. The number of carbonyl (C=O) groups excluding carboxylic acids is 1. The highest BCUT2D eigenvalue weighted by molar-refractivity contribution is 5.89. The lowest BCUT2D eigenvalue weighted by molar-refractivity contribution is -0.130. The van der Waals surface area contributed by atoms with Crippen LogP contribution in [0.5, 0.6) is 0 Å². The van der Waals surface area contributed by atoms with E-state index in [9.17, 15) is 4.79 Å². The average Bonchev–Trinajstić information content (AvgIpc) is 3.11. The van der Waals surface area contributed by atoms with Gasteiger partial charge in [-0.05, 0) is 25.5 Å². The molecule has 0 radical (unpaired) electrons. The highest BCUT2D eigenvalue weighted by atomic mass is 16.2. The number of aromatic amines is 1. The second-order valence-corrected chi connectivity index (χ2v) is 7.09. The van der Waals surface area contributed by atoms with Gasteiger partial charge in [0, 0.05) is 55.9 Å². The van der Waals surface area contributed by atoms with Crippen molar-refractivity contribution in [3.05, 3.63) is 47.9 Å². The van der Waals surface area contributed by atoms with E-state index in [1.165, 1.54) is 0 Å². The topological polar surface area (TPSA) is 77.1 Å². The van der Waals surface area contributed by atoms with E-state index in [0.717, 1.165) is 53.6 Å². The molecule has 0 atom stereocenters. The molecule has 0 spiro atoms. The predicted molar refractivity (Wildman–Crippen MR) is 112 cm³/mol. The molecule has 1 fully saturated rings. The number of rotatable bonds is 5. The molecule has 4 rings (SSSR count). The normalized spacial score (nSPS) is 14.5. The molecule has 7 nitrogen and oxygen atoms in total. The van der Waals surface area contributed by atoms with Gasteiger partial charge in [-0.2, -0.15) is 0 Å². The number of piperazine rings is 1. The summed E-state index contributed by atoms with van der Waals surface area (Å²) < 4.78 is 0. The summed E-state index contributed by atoms with van der Waals surface area (Å²) in [5.41, 5.74) is 2.13. The minimum absolute atomic E-state index is 0.177. The summed E-state index contributed by atoms with van der Waals surface area (Å²) >= 11 is 0. The Morgan fingerprint density at radius 2 is 1.96 bits per heavy atom. The van der Waals surface area contributed by atoms with Gasteiger partial charge >= 0.3 is 0 Å². The Hall–Kier alpha value is -3.09. The smallest absolute Gasteiger partial charge is 0.227 e. The third-order valence-corrected chi connectivity index (χ3v) is 5.16. The molecule has 1 aromatic carbocycles. The minimum Gasteiger partial charge on any atom is -0.370 e. The fourth-order valence-corrected chi connectivity index (χ4v) is 3.72. The van der Waals surface area contributed by atoms with Crippen molar-refractivity contribution in [1.82, 2.24) is 19.9 Å². The van der Waals surface area contributed by atoms with Crippen molar-refractivity contribution in [1.29, 1.82) is 0 Å². The first kappa shape index (κ1) is 18.3. The van der Waals surface area contributed by atoms with Gasteiger partial charge in [0.2, 0.25) is 5.91 Å². The molecular weight excluding hydrogens is 352 g/mol. The molecule has 0 aliphatic carbocycles. The Labute approximate surface area is 164 Å². The number of hydrogen-bond acceptors (Lipinski definition) is 5. The van der Waals surface area contributed by atoms with Gasteiger partial charge in [-0.3, -0.25) is 4.79 Å². The molecule has 146 valence electrons. The first-order valence-electron chi connectivity index (χ1n) is 9.81. The van der Waals surface area contributed by atoms with E-state index in [0.29, 0.717) is 19.5 Å². The van der Waals surface area contributed by atoms with Crippen LogP contribution in [0.2, 0.25) is 0 Å². The van der Waals surface area contributed by atoms with E-state index in [4.69, 9.17) is 0 Å². The highest BCUT2D eigenvalue weighted by Gasteiger charge is 2.23. The number of amides is 1. The standard InChI is InChI=1S/C21H26N6O/c1-3-22-19-13-20(25-15(2)24-19)26-8-10-27(11-9-26)21(28)12-16-14-23-18-7-5-4-6-17(16)18/h4-7,13-14,23H,3,8-12H2,1-2H3,(H,22,24,25). The van der Waals surface area contributed by atoms with Crippen LogP contribution in [0.3, 0.4) is 0 Å². The quantitative estimate of drug-likeness (QED) is 0.714. The SMILES string of the molecule is CCNc1cc(N2CCN(C(=O)Cc3c[nH]c4ccccc34)CC2)nc(C)n1. The Morgan fingerprint density at radius 1 is 1.18 bits per heavy atom. The summed E-state index contributed by atoms with van der Waals surface area (Å²) in [6, 6.07) is 10.1. The molecule has 0 saturated carbocycles. The van der Waals surface area contributed by atoms with E-state index in [2.05, 4.69) is 38.2 Å². The molecule has 1 saturated heterocycles. The van der Waals surface area contributed by atoms with Crippen molar-refractivity contribution >= 4 is 28.4 Å². The van der Waals surface area contributed by atoms with Crippen LogP contribution >= 0.6 is 0 Å². The zero-order chi connectivity index (χ0) is 19.5. The molecule has 1 aliphatic heterocycles. The molecule has 3 heterocycles. The fourth-order valence-electron chi connectivity index (χ4n) is 3.72. The van der Waals surface area contributed by atoms with Gasteiger partial charge in [-0.15, -0.1) is 0 Å². The van der Waals surface area contributed by atoms with Crippen LogP contribution in [0.1, 0.15) is 18.3 Å². The Kier molecular flexibility index (Phi) is 5.14. The molecule has 0 bridgehead atoms. The van der Waals surface area contributed by atoms with Gasteiger partial charge in [0.1, 0.15) is 17.5 Å². The van der Waals surface area contributed by atoms with E-state index in [1.54, 1.807) is 0 Å². The lowest BCUT2D eigenvalue weighted by atomic mass is 10.1. The minimum atomic E-state index is 0.177. The summed E-state index contributed by atoms with van der Waals surface area (Å²) in [6.07, 6.45) is 2.38. The maximum Gasteiger partial charge on any atom is 0.227 e. The van der Waals surface area contributed by atoms with E-state index in [1.807, 2.05) is 42.3 Å². The average molecular weight is 378 g/mol. The lowest BCUT2D eigenvalue weighted by Crippen LogP contribution is -2.49. The Morgan fingerprint density at radius 3 is 2.75 bits per heavy atom. The number of para-hydroxylation sites is 1. The first-order chi connectivity index (χ1) is 13.6. The second-order valence-electron chi connectivity index (χ2n) is 7.09. The summed E-state index contributed by atoms with van der Waals surface area (Å²) in [4.78, 5) is 29.2. The predicted octanol–water partition coefficient (Wildman–Crippen LogP) is 2.59. The van der Waals surface area contributed by atoms with Gasteiger partial charge in [-0.25, -0.2) is 9.97 Å². The van der Waals surface area contributed by atoms with Crippen molar-refractivity contribution < 1.29 is 4.79 Å². The van der Waals surface area contributed by atoms with Crippen LogP contribution < -0.4 is 10.2 Å². The van der Waals surface area contributed by atoms with Crippen LogP contribution in [0.4, 0.5) is 11.6 Å². The molecule has 2 aromatic heterocycles. The molecule has 28 heavy (non-hydrogen) atoms. The number of nitrogens with one attached hydrogen (secondary N) is 2. The van der Waals surface area contributed by atoms with Crippen LogP contribution in [-0.2, 0) is 11.2 Å². The molecule has 1 amide bonds. The van der Waals surface area contributed by atoms with E-state index < -0.39 is 0 Å². The second kappa shape index (κ2) is 7.88. The van der Waals surface area contributed by atoms with Gasteiger partial charge < -0.3 is 20.1 Å². The van der Waals surface area contributed by atoms with Crippen LogP contribution in [-0.4, -0.2) is 58.5 Å². The maximum absolute atomic E-state index is 12.8. The number of nitrogens with zero attached hydrogens (tertiary/aromatic N) is 4. The molecule has 7 heteroatoms. The number of hydrogen-bond donors (Lipinski definition) is 2. The monoisotopic (exact) mass is 378 g/mol. The fraction of sp³-hybridized carbons (Fsp3) is 0.381. The molecular formula is C21H26N6O. The third kappa shape index (κ3) is 3.78. The molecule has 2 N–H and O–H groups in total. The Bertz CT molecular complexity index is 974. The summed E-state index contributed by atoms with van der Waals surface area (Å²) in [5, 5.41) is 4.38. The zero-order valence-electron chi connectivity index (χ0n) is 16.4. The van der Waals surface area contributed by atoms with Gasteiger partial charge in [0.15, 0.2) is 0 Å². The number of H-pyrrole nitrogens is 1. The number of anilines is 2. The number of aryl methyl sites for hydroxylation is 1. The molecule has 0 unspecified atom stereocenters. The van der Waals surface area contributed by atoms with Crippen molar-refractivity contribution in [3.63, 3.8) is 0 Å². The Balaban J connectivity index is 1.39.